The largest absolute Gasteiger partial charge is 0.390 e. The first-order valence-corrected chi connectivity index (χ1v) is 7.19. The molecule has 1 saturated heterocycles. The lowest BCUT2D eigenvalue weighted by atomic mass is 9.99. The number of likely N-dealkylation sites (tertiary alicyclic amines) is 1. The van der Waals surface area contributed by atoms with E-state index in [1.54, 1.807) is 7.11 Å². The number of aliphatic hydroxyl groups excluding tert-OH is 1. The molecule has 1 fully saturated rings. The third kappa shape index (κ3) is 6.69. The number of β-amino-alcohol motifs (C(OH)–C–C–N with tert-alkyl or cyclic N) is 1. The van der Waals surface area contributed by atoms with E-state index < -0.39 is 0 Å². The number of likely N-dealkylation sites (N-methyl/N-ethyl adjacent to an activating group) is 1. The second kappa shape index (κ2) is 8.86. The number of piperidine rings is 1. The van der Waals surface area contributed by atoms with Crippen LogP contribution in [-0.4, -0.2) is 74.5 Å². The van der Waals surface area contributed by atoms with Gasteiger partial charge in [-0.2, -0.15) is 0 Å². The summed E-state index contributed by atoms with van der Waals surface area (Å²) in [6.07, 6.45) is 3.35. The summed E-state index contributed by atoms with van der Waals surface area (Å²) < 4.78 is 5.03. The molecule has 1 aliphatic heterocycles. The topological polar surface area (TPSA) is 35.9 Å². The number of hydrogen-bond acceptors (Lipinski definition) is 4. The number of ether oxygens (including phenoxy) is 1. The maximum absolute atomic E-state index is 10.1. The van der Waals surface area contributed by atoms with Crippen LogP contribution in [0.4, 0.5) is 0 Å². The molecule has 1 heterocycles. The van der Waals surface area contributed by atoms with Crippen LogP contribution in [0.1, 0.15) is 26.2 Å². The number of rotatable bonds is 8. The van der Waals surface area contributed by atoms with Crippen LogP contribution < -0.4 is 0 Å². The van der Waals surface area contributed by atoms with E-state index in [4.69, 9.17) is 4.74 Å². The summed E-state index contributed by atoms with van der Waals surface area (Å²) in [6, 6.07) is 0. The van der Waals surface area contributed by atoms with E-state index in [-0.39, 0.29) is 6.10 Å². The molecule has 0 amide bonds. The van der Waals surface area contributed by atoms with E-state index >= 15 is 0 Å². The summed E-state index contributed by atoms with van der Waals surface area (Å²) >= 11 is 0. The maximum atomic E-state index is 10.1. The van der Waals surface area contributed by atoms with Gasteiger partial charge in [0.25, 0.3) is 0 Å². The summed E-state index contributed by atoms with van der Waals surface area (Å²) in [5.74, 6) is 0.857. The molecule has 1 N–H and O–H groups in total. The molecule has 0 aromatic rings. The average Bonchev–Trinajstić information content (AvgIpc) is 2.32. The summed E-state index contributed by atoms with van der Waals surface area (Å²) in [7, 11) is 3.79. The maximum Gasteiger partial charge on any atom is 0.0793 e. The van der Waals surface area contributed by atoms with Crippen molar-refractivity contribution in [3.63, 3.8) is 0 Å². The molecule has 1 aliphatic rings. The summed E-state index contributed by atoms with van der Waals surface area (Å²) in [5.41, 5.74) is 0. The molecule has 4 heteroatoms. The van der Waals surface area contributed by atoms with Crippen LogP contribution in [0.5, 0.6) is 0 Å². The zero-order valence-corrected chi connectivity index (χ0v) is 12.3. The molecule has 0 radical (unpaired) electrons. The van der Waals surface area contributed by atoms with E-state index in [2.05, 4.69) is 23.8 Å². The van der Waals surface area contributed by atoms with E-state index in [9.17, 15) is 5.11 Å². The van der Waals surface area contributed by atoms with Crippen LogP contribution in [0.25, 0.3) is 0 Å². The molecular formula is C14H30N2O2. The van der Waals surface area contributed by atoms with E-state index in [0.29, 0.717) is 0 Å². The smallest absolute Gasteiger partial charge is 0.0793 e. The number of aliphatic hydroxyl groups is 1. The SMILES string of the molecule is COCCCN(C)CC(O)CN1CCC(C)CC1. The summed E-state index contributed by atoms with van der Waals surface area (Å²) in [6.45, 7) is 7.97. The third-order valence-electron chi connectivity index (χ3n) is 3.76. The lowest BCUT2D eigenvalue weighted by Crippen LogP contribution is -2.42. The van der Waals surface area contributed by atoms with Gasteiger partial charge in [0.1, 0.15) is 0 Å². The van der Waals surface area contributed by atoms with Crippen molar-refractivity contribution in [2.24, 2.45) is 5.92 Å². The summed E-state index contributed by atoms with van der Waals surface area (Å²) in [5, 5.41) is 10.1. The first kappa shape index (κ1) is 15.9. The number of hydrogen-bond donors (Lipinski definition) is 1. The Hall–Kier alpha value is -0.160. The van der Waals surface area contributed by atoms with Gasteiger partial charge in [-0.05, 0) is 45.3 Å². The highest BCUT2D eigenvalue weighted by atomic mass is 16.5. The predicted molar refractivity (Wildman–Crippen MR) is 74.8 cm³/mol. The van der Waals surface area contributed by atoms with Crippen molar-refractivity contribution in [1.29, 1.82) is 0 Å². The van der Waals surface area contributed by atoms with Gasteiger partial charge in [-0.25, -0.2) is 0 Å². The van der Waals surface area contributed by atoms with Crippen LogP contribution in [0.15, 0.2) is 0 Å². The second-order valence-electron chi connectivity index (χ2n) is 5.75. The fourth-order valence-corrected chi connectivity index (χ4v) is 2.53. The Bertz CT molecular complexity index is 206. The van der Waals surface area contributed by atoms with Crippen molar-refractivity contribution < 1.29 is 9.84 Å². The fraction of sp³-hybridized carbons (Fsp3) is 1.00. The minimum atomic E-state index is -0.231. The normalized spacial score (nSPS) is 20.5. The monoisotopic (exact) mass is 258 g/mol. The molecule has 0 bridgehead atoms. The van der Waals surface area contributed by atoms with E-state index in [0.717, 1.165) is 51.7 Å². The van der Waals surface area contributed by atoms with Crippen molar-refractivity contribution in [3.8, 4) is 0 Å². The molecule has 4 nitrogen and oxygen atoms in total. The van der Waals surface area contributed by atoms with E-state index in [1.807, 2.05) is 0 Å². The molecular weight excluding hydrogens is 228 g/mol. The zero-order chi connectivity index (χ0) is 13.4. The highest BCUT2D eigenvalue weighted by Crippen LogP contribution is 2.15. The standard InChI is InChI=1S/C14H30N2O2/c1-13-5-8-16(9-6-13)12-14(17)11-15(2)7-4-10-18-3/h13-14,17H,4-12H2,1-3H3. The highest BCUT2D eigenvalue weighted by molar-refractivity contribution is 4.73. The Balaban J connectivity index is 2.10. The van der Waals surface area contributed by atoms with Crippen molar-refractivity contribution >= 4 is 0 Å². The van der Waals surface area contributed by atoms with Crippen molar-refractivity contribution in [1.82, 2.24) is 9.80 Å². The fourth-order valence-electron chi connectivity index (χ4n) is 2.53. The van der Waals surface area contributed by atoms with Gasteiger partial charge in [0.05, 0.1) is 6.10 Å². The van der Waals surface area contributed by atoms with Gasteiger partial charge < -0.3 is 19.6 Å². The molecule has 0 spiro atoms. The minimum absolute atomic E-state index is 0.231. The Morgan fingerprint density at radius 1 is 1.39 bits per heavy atom. The second-order valence-corrected chi connectivity index (χ2v) is 5.75. The molecule has 0 aromatic carbocycles. The van der Waals surface area contributed by atoms with Gasteiger partial charge >= 0.3 is 0 Å². The Kier molecular flexibility index (Phi) is 7.82. The molecule has 108 valence electrons. The van der Waals surface area contributed by atoms with Crippen LogP contribution in [0.2, 0.25) is 0 Å². The Morgan fingerprint density at radius 2 is 2.06 bits per heavy atom. The minimum Gasteiger partial charge on any atom is -0.390 e. The highest BCUT2D eigenvalue weighted by Gasteiger charge is 2.18. The lowest BCUT2D eigenvalue weighted by Gasteiger charge is -2.32. The van der Waals surface area contributed by atoms with Gasteiger partial charge in [-0.15, -0.1) is 0 Å². The predicted octanol–water partition coefficient (Wildman–Crippen LogP) is 1.05. The molecule has 0 aromatic heterocycles. The van der Waals surface area contributed by atoms with E-state index in [1.165, 1.54) is 12.8 Å². The molecule has 1 unspecified atom stereocenters. The molecule has 0 saturated carbocycles. The molecule has 0 aliphatic carbocycles. The van der Waals surface area contributed by atoms with Crippen molar-refractivity contribution in [2.75, 3.05) is 53.5 Å². The Morgan fingerprint density at radius 3 is 2.67 bits per heavy atom. The number of methoxy groups -OCH3 is 1. The molecule has 18 heavy (non-hydrogen) atoms. The van der Waals surface area contributed by atoms with Crippen LogP contribution in [0, 0.1) is 5.92 Å². The zero-order valence-electron chi connectivity index (χ0n) is 12.3. The van der Waals surface area contributed by atoms with Crippen LogP contribution >= 0.6 is 0 Å². The number of nitrogens with zero attached hydrogens (tertiary/aromatic N) is 2. The van der Waals surface area contributed by atoms with Gasteiger partial charge in [0, 0.05) is 33.4 Å². The first-order valence-electron chi connectivity index (χ1n) is 7.19. The Labute approximate surface area is 112 Å². The van der Waals surface area contributed by atoms with Gasteiger partial charge in [0.15, 0.2) is 0 Å². The lowest BCUT2D eigenvalue weighted by molar-refractivity contribution is 0.0655. The van der Waals surface area contributed by atoms with Crippen molar-refractivity contribution in [2.45, 2.75) is 32.3 Å². The molecule has 1 rings (SSSR count). The third-order valence-corrected chi connectivity index (χ3v) is 3.76. The van der Waals surface area contributed by atoms with Crippen LogP contribution in [-0.2, 0) is 4.74 Å². The first-order chi connectivity index (χ1) is 8.61. The molecule has 1 atom stereocenters. The van der Waals surface area contributed by atoms with Crippen LogP contribution in [0.3, 0.4) is 0 Å². The summed E-state index contributed by atoms with van der Waals surface area (Å²) in [4.78, 5) is 4.59. The van der Waals surface area contributed by atoms with Gasteiger partial charge in [-0.3, -0.25) is 0 Å². The van der Waals surface area contributed by atoms with Gasteiger partial charge in [0.2, 0.25) is 0 Å². The van der Waals surface area contributed by atoms with Gasteiger partial charge in [-0.1, -0.05) is 6.92 Å². The quantitative estimate of drug-likeness (QED) is 0.660. The average molecular weight is 258 g/mol. The van der Waals surface area contributed by atoms with Crippen molar-refractivity contribution in [3.05, 3.63) is 0 Å².